The van der Waals surface area contributed by atoms with Crippen LogP contribution >= 0.6 is 0 Å². The van der Waals surface area contributed by atoms with E-state index in [1.165, 1.54) is 24.3 Å². The Kier molecular flexibility index (Phi) is 7.08. The van der Waals surface area contributed by atoms with Gasteiger partial charge in [-0.2, -0.15) is 8.78 Å². The summed E-state index contributed by atoms with van der Waals surface area (Å²) >= 11 is 0. The summed E-state index contributed by atoms with van der Waals surface area (Å²) in [5.41, 5.74) is 1.33. The molecule has 0 bridgehead atoms. The van der Waals surface area contributed by atoms with Gasteiger partial charge in [0, 0.05) is 5.56 Å². The first-order chi connectivity index (χ1) is 12.4. The molecule has 5 nitrogen and oxygen atoms in total. The molecule has 0 heterocycles. The number of carbonyl (C=O) groups is 2. The van der Waals surface area contributed by atoms with Gasteiger partial charge in [-0.15, -0.1) is 0 Å². The fourth-order valence-corrected chi connectivity index (χ4v) is 2.01. The summed E-state index contributed by atoms with van der Waals surface area (Å²) in [5.74, 6) is -0.420. The van der Waals surface area contributed by atoms with E-state index in [1.807, 2.05) is 19.1 Å². The monoisotopic (exact) mass is 364 g/mol. The number of Topliss-reactive ketones (excluding diaryl/α,β-unsaturated/α-hetero) is 1. The van der Waals surface area contributed by atoms with E-state index in [0.29, 0.717) is 5.75 Å². The van der Waals surface area contributed by atoms with Crippen molar-refractivity contribution >= 4 is 11.8 Å². The molecule has 0 aliphatic carbocycles. The van der Waals surface area contributed by atoms with Gasteiger partial charge < -0.3 is 14.2 Å². The van der Waals surface area contributed by atoms with Crippen LogP contribution in [-0.2, 0) is 9.53 Å². The number of halogens is 2. The van der Waals surface area contributed by atoms with E-state index in [0.717, 1.165) is 5.56 Å². The van der Waals surface area contributed by atoms with E-state index in [9.17, 15) is 18.4 Å². The number of ketones is 1. The Bertz CT molecular complexity index is 727. The molecule has 0 aliphatic heterocycles. The first-order valence-electron chi connectivity index (χ1n) is 7.87. The lowest BCUT2D eigenvalue weighted by atomic mass is 10.1. The maximum Gasteiger partial charge on any atom is 0.387 e. The zero-order chi connectivity index (χ0) is 18.9. The number of aryl methyl sites for hydroxylation is 1. The molecule has 26 heavy (non-hydrogen) atoms. The second-order valence-electron chi connectivity index (χ2n) is 5.40. The lowest BCUT2D eigenvalue weighted by molar-refractivity contribution is -0.143. The van der Waals surface area contributed by atoms with Crippen molar-refractivity contribution in [2.75, 3.05) is 13.2 Å². The van der Waals surface area contributed by atoms with Crippen molar-refractivity contribution in [1.29, 1.82) is 0 Å². The maximum atomic E-state index is 12.1. The van der Waals surface area contributed by atoms with E-state index < -0.39 is 25.0 Å². The number of carbonyl (C=O) groups excluding carboxylic acids is 2. The zero-order valence-corrected chi connectivity index (χ0v) is 14.1. The van der Waals surface area contributed by atoms with Crippen LogP contribution in [0.3, 0.4) is 0 Å². The molecule has 2 aromatic rings. The Morgan fingerprint density at radius 3 is 2.19 bits per heavy atom. The van der Waals surface area contributed by atoms with Gasteiger partial charge in [0.1, 0.15) is 11.5 Å². The van der Waals surface area contributed by atoms with Crippen molar-refractivity contribution in [2.24, 2.45) is 0 Å². The molecule has 0 aromatic heterocycles. The fourth-order valence-electron chi connectivity index (χ4n) is 2.01. The molecule has 0 saturated heterocycles. The molecule has 2 rings (SSSR count). The minimum Gasteiger partial charge on any atom is -0.493 e. The number of rotatable bonds is 9. The second kappa shape index (κ2) is 9.50. The van der Waals surface area contributed by atoms with E-state index in [4.69, 9.17) is 9.47 Å². The Balaban J connectivity index is 1.70. The normalized spacial score (nSPS) is 10.5. The molecule has 0 atom stereocenters. The van der Waals surface area contributed by atoms with E-state index >= 15 is 0 Å². The maximum absolute atomic E-state index is 12.1. The predicted molar refractivity (Wildman–Crippen MR) is 89.7 cm³/mol. The summed E-state index contributed by atoms with van der Waals surface area (Å²) in [5, 5.41) is 0. The number of hydrogen-bond donors (Lipinski definition) is 0. The van der Waals surface area contributed by atoms with Crippen LogP contribution in [0.5, 0.6) is 11.5 Å². The minimum absolute atomic E-state index is 0.00230. The SMILES string of the molecule is Cc1ccc(OCCC(=O)OCC(=O)c2ccc(OC(F)F)cc2)cc1. The van der Waals surface area contributed by atoms with Gasteiger partial charge in [0.15, 0.2) is 12.4 Å². The molecular weight excluding hydrogens is 346 g/mol. The number of benzene rings is 2. The highest BCUT2D eigenvalue weighted by Gasteiger charge is 2.11. The van der Waals surface area contributed by atoms with Crippen molar-refractivity contribution < 1.29 is 32.6 Å². The molecule has 0 N–H and O–H groups in total. The Morgan fingerprint density at radius 2 is 1.58 bits per heavy atom. The van der Waals surface area contributed by atoms with Crippen molar-refractivity contribution in [3.63, 3.8) is 0 Å². The van der Waals surface area contributed by atoms with Gasteiger partial charge >= 0.3 is 12.6 Å². The fraction of sp³-hybridized carbons (Fsp3) is 0.263. The molecule has 0 amide bonds. The summed E-state index contributed by atoms with van der Waals surface area (Å²) in [6.45, 7) is -1.27. The van der Waals surface area contributed by atoms with Crippen molar-refractivity contribution in [1.82, 2.24) is 0 Å². The average Bonchev–Trinajstić information content (AvgIpc) is 2.61. The van der Waals surface area contributed by atoms with Crippen LogP contribution in [0, 0.1) is 6.92 Å². The number of alkyl halides is 2. The summed E-state index contributed by atoms with van der Waals surface area (Å²) in [6.07, 6.45) is 0.00230. The lowest BCUT2D eigenvalue weighted by Gasteiger charge is -2.08. The zero-order valence-electron chi connectivity index (χ0n) is 14.1. The molecule has 0 spiro atoms. The highest BCUT2D eigenvalue weighted by molar-refractivity contribution is 5.98. The number of hydrogen-bond acceptors (Lipinski definition) is 5. The summed E-state index contributed by atoms with van der Waals surface area (Å²) in [6, 6.07) is 12.5. The Morgan fingerprint density at radius 1 is 0.962 bits per heavy atom. The number of esters is 1. The van der Waals surface area contributed by atoms with Crippen LogP contribution in [0.2, 0.25) is 0 Å². The molecule has 0 aliphatic rings. The van der Waals surface area contributed by atoms with Crippen molar-refractivity contribution in [2.45, 2.75) is 20.0 Å². The summed E-state index contributed by atoms with van der Waals surface area (Å²) in [7, 11) is 0. The lowest BCUT2D eigenvalue weighted by Crippen LogP contribution is -2.16. The van der Waals surface area contributed by atoms with Gasteiger partial charge in [0.05, 0.1) is 13.0 Å². The van der Waals surface area contributed by atoms with Crippen LogP contribution < -0.4 is 9.47 Å². The Hall–Kier alpha value is -2.96. The van der Waals surface area contributed by atoms with Crippen LogP contribution in [0.25, 0.3) is 0 Å². The van der Waals surface area contributed by atoms with Crippen molar-refractivity contribution in [3.8, 4) is 11.5 Å². The molecule has 0 fully saturated rings. The first-order valence-corrected chi connectivity index (χ1v) is 7.87. The van der Waals surface area contributed by atoms with E-state index in [-0.39, 0.29) is 24.3 Å². The number of ether oxygens (including phenoxy) is 3. The third kappa shape index (κ3) is 6.51. The highest BCUT2D eigenvalue weighted by atomic mass is 19.3. The van der Waals surface area contributed by atoms with Gasteiger partial charge in [0.2, 0.25) is 0 Å². The molecule has 2 aromatic carbocycles. The topological polar surface area (TPSA) is 61.8 Å². The third-order valence-corrected chi connectivity index (χ3v) is 3.36. The van der Waals surface area contributed by atoms with Gasteiger partial charge in [-0.3, -0.25) is 9.59 Å². The summed E-state index contributed by atoms with van der Waals surface area (Å²) in [4.78, 5) is 23.6. The van der Waals surface area contributed by atoms with Crippen LogP contribution in [0.4, 0.5) is 8.78 Å². The Labute approximate surface area is 149 Å². The van der Waals surface area contributed by atoms with E-state index in [1.54, 1.807) is 12.1 Å². The molecule has 138 valence electrons. The largest absolute Gasteiger partial charge is 0.493 e. The molecular formula is C19H18F2O5. The molecule has 0 saturated carbocycles. The smallest absolute Gasteiger partial charge is 0.387 e. The van der Waals surface area contributed by atoms with Gasteiger partial charge in [-0.05, 0) is 43.3 Å². The van der Waals surface area contributed by atoms with Gasteiger partial charge in [-0.25, -0.2) is 0 Å². The van der Waals surface area contributed by atoms with E-state index in [2.05, 4.69) is 4.74 Å². The quantitative estimate of drug-likeness (QED) is 0.500. The molecule has 0 unspecified atom stereocenters. The highest BCUT2D eigenvalue weighted by Crippen LogP contribution is 2.15. The second-order valence-corrected chi connectivity index (χ2v) is 5.40. The van der Waals surface area contributed by atoms with Crippen LogP contribution in [0.15, 0.2) is 48.5 Å². The summed E-state index contributed by atoms with van der Waals surface area (Å²) < 4.78 is 38.6. The minimum atomic E-state index is -2.93. The van der Waals surface area contributed by atoms with Gasteiger partial charge in [0.25, 0.3) is 0 Å². The predicted octanol–water partition coefficient (Wildman–Crippen LogP) is 3.79. The van der Waals surface area contributed by atoms with Gasteiger partial charge in [-0.1, -0.05) is 17.7 Å². The van der Waals surface area contributed by atoms with Crippen molar-refractivity contribution in [3.05, 3.63) is 59.7 Å². The molecule has 7 heteroatoms. The standard InChI is InChI=1S/C19H18F2O5/c1-13-2-6-15(7-3-13)24-11-10-18(23)25-12-17(22)14-4-8-16(9-5-14)26-19(20)21/h2-9,19H,10-12H2,1H3. The van der Waals surface area contributed by atoms with Crippen LogP contribution in [-0.4, -0.2) is 31.6 Å². The van der Waals surface area contributed by atoms with Crippen LogP contribution in [0.1, 0.15) is 22.3 Å². The molecule has 0 radical (unpaired) electrons. The average molecular weight is 364 g/mol. The first kappa shape index (κ1) is 19.4. The third-order valence-electron chi connectivity index (χ3n) is 3.36.